The summed E-state index contributed by atoms with van der Waals surface area (Å²) in [7, 11) is -3.72. The summed E-state index contributed by atoms with van der Waals surface area (Å²) in [6, 6.07) is 18.5. The Kier molecular flexibility index (Phi) is 4.78. The Morgan fingerprint density at radius 1 is 1.00 bits per heavy atom. The molecule has 0 fully saturated rings. The molecule has 0 spiro atoms. The molecule has 2 unspecified atom stereocenters. The minimum atomic E-state index is -3.72. The second kappa shape index (κ2) is 7.35. The topological polar surface area (TPSA) is 98.0 Å². The average Bonchev–Trinajstić information content (AvgIpc) is 3.26. The molecular formula is C21H18N4O2S3. The van der Waals surface area contributed by atoms with Gasteiger partial charge in [-0.15, -0.1) is 10.2 Å². The predicted octanol–water partition coefficient (Wildman–Crippen LogP) is 4.45. The smallest absolute Gasteiger partial charge is 0.241 e. The highest BCUT2D eigenvalue weighted by atomic mass is 32.2. The highest BCUT2D eigenvalue weighted by Gasteiger charge is 2.38. The Balaban J connectivity index is 1.59. The molecule has 3 N–H and O–H groups in total. The van der Waals surface area contributed by atoms with E-state index in [1.54, 1.807) is 24.3 Å². The molecule has 3 aromatic carbocycles. The molecule has 0 radical (unpaired) electrons. The molecule has 1 aliphatic rings. The van der Waals surface area contributed by atoms with Crippen molar-refractivity contribution in [3.05, 3.63) is 77.4 Å². The van der Waals surface area contributed by atoms with Crippen molar-refractivity contribution in [1.82, 2.24) is 14.9 Å². The molecule has 9 heteroatoms. The number of nitrogens with two attached hydrogens (primary N) is 1. The van der Waals surface area contributed by atoms with Crippen molar-refractivity contribution in [2.24, 2.45) is 0 Å². The molecule has 152 valence electrons. The number of rotatable bonds is 5. The molecule has 4 aromatic rings. The molecular weight excluding hydrogens is 436 g/mol. The van der Waals surface area contributed by atoms with Crippen LogP contribution in [0.2, 0.25) is 0 Å². The van der Waals surface area contributed by atoms with Crippen LogP contribution in [-0.2, 0) is 10.0 Å². The molecule has 0 saturated carbocycles. The van der Waals surface area contributed by atoms with Crippen LogP contribution in [-0.4, -0.2) is 18.6 Å². The SMILES string of the molecule is Cc1ccc(S(=O)(=O)NC2c3cccc4cccc(c34)C2Sc2nnc(N)s2)cc1. The molecule has 1 aliphatic carbocycles. The molecule has 1 heterocycles. The summed E-state index contributed by atoms with van der Waals surface area (Å²) >= 11 is 2.79. The molecule has 0 aliphatic heterocycles. The van der Waals surface area contributed by atoms with Gasteiger partial charge < -0.3 is 5.73 Å². The Bertz CT molecular complexity index is 1350. The highest BCUT2D eigenvalue weighted by molar-refractivity contribution is 8.01. The number of nitrogen functional groups attached to an aromatic ring is 1. The van der Waals surface area contributed by atoms with Crippen molar-refractivity contribution < 1.29 is 8.42 Å². The molecule has 1 aromatic heterocycles. The van der Waals surface area contributed by atoms with E-state index in [4.69, 9.17) is 5.73 Å². The quantitative estimate of drug-likeness (QED) is 0.462. The number of nitrogens with one attached hydrogen (secondary N) is 1. The normalized spacial score (nSPS) is 18.2. The summed E-state index contributed by atoms with van der Waals surface area (Å²) in [5, 5.41) is 10.4. The lowest BCUT2D eigenvalue weighted by Gasteiger charge is -2.22. The van der Waals surface area contributed by atoms with Gasteiger partial charge in [0.2, 0.25) is 15.2 Å². The first-order chi connectivity index (χ1) is 14.4. The summed E-state index contributed by atoms with van der Waals surface area (Å²) in [4.78, 5) is 0.250. The lowest BCUT2D eigenvalue weighted by Crippen LogP contribution is -2.30. The van der Waals surface area contributed by atoms with Gasteiger partial charge in [-0.05, 0) is 41.0 Å². The van der Waals surface area contributed by atoms with Gasteiger partial charge >= 0.3 is 0 Å². The molecule has 2 atom stereocenters. The van der Waals surface area contributed by atoms with Gasteiger partial charge in [0.05, 0.1) is 16.2 Å². The number of sulfonamides is 1. The standard InChI is InChI=1S/C21H18N4O2S3/c1-12-8-10-14(11-9-12)30(26,27)25-18-15-6-2-4-13-5-3-7-16(17(13)15)19(18)28-21-24-23-20(22)29-21/h2-11,18-19,25H,1H3,(H2,22,23). The number of hydrogen-bond acceptors (Lipinski definition) is 7. The van der Waals surface area contributed by atoms with Gasteiger partial charge in [0.25, 0.3) is 0 Å². The Labute approximate surface area is 182 Å². The Morgan fingerprint density at radius 2 is 1.70 bits per heavy atom. The summed E-state index contributed by atoms with van der Waals surface area (Å²) in [5.74, 6) is 0. The van der Waals surface area contributed by atoms with Crippen molar-refractivity contribution in [2.75, 3.05) is 5.73 Å². The van der Waals surface area contributed by atoms with Crippen LogP contribution in [0.25, 0.3) is 10.8 Å². The fraction of sp³-hybridized carbons (Fsp3) is 0.143. The maximum atomic E-state index is 13.2. The van der Waals surface area contributed by atoms with Crippen molar-refractivity contribution in [2.45, 2.75) is 27.5 Å². The van der Waals surface area contributed by atoms with Crippen LogP contribution in [0.5, 0.6) is 0 Å². The number of anilines is 1. The maximum Gasteiger partial charge on any atom is 0.241 e. The predicted molar refractivity (Wildman–Crippen MR) is 121 cm³/mol. The molecule has 6 nitrogen and oxygen atoms in total. The zero-order chi connectivity index (χ0) is 20.9. The monoisotopic (exact) mass is 454 g/mol. The summed E-state index contributed by atoms with van der Waals surface area (Å²) in [5.41, 5.74) is 8.82. The minimum absolute atomic E-state index is 0.182. The van der Waals surface area contributed by atoms with Crippen molar-refractivity contribution >= 4 is 49.0 Å². The molecule has 0 bridgehead atoms. The number of nitrogens with zero attached hydrogens (tertiary/aromatic N) is 2. The fourth-order valence-corrected chi connectivity index (χ4v) is 7.22. The zero-order valence-electron chi connectivity index (χ0n) is 15.9. The Hall–Kier alpha value is -2.46. The third kappa shape index (κ3) is 3.37. The highest BCUT2D eigenvalue weighted by Crippen LogP contribution is 2.53. The van der Waals surface area contributed by atoms with Gasteiger partial charge in [0, 0.05) is 0 Å². The maximum absolute atomic E-state index is 13.2. The molecule has 5 rings (SSSR count). The van der Waals surface area contributed by atoms with Gasteiger partial charge in [-0.1, -0.05) is 77.2 Å². The fourth-order valence-electron chi connectivity index (χ4n) is 3.82. The molecule has 0 saturated heterocycles. The van der Waals surface area contributed by atoms with E-state index in [1.165, 1.54) is 23.1 Å². The molecule has 30 heavy (non-hydrogen) atoms. The zero-order valence-corrected chi connectivity index (χ0v) is 18.4. The van der Waals surface area contributed by atoms with Crippen LogP contribution in [0.4, 0.5) is 5.13 Å². The van der Waals surface area contributed by atoms with Crippen molar-refractivity contribution in [3.63, 3.8) is 0 Å². The van der Waals surface area contributed by atoms with Gasteiger partial charge in [-0.25, -0.2) is 13.1 Å². The van der Waals surface area contributed by atoms with Crippen LogP contribution in [0.15, 0.2) is 69.9 Å². The van der Waals surface area contributed by atoms with E-state index in [1.807, 2.05) is 43.3 Å². The lowest BCUT2D eigenvalue weighted by atomic mass is 10.1. The van der Waals surface area contributed by atoms with Crippen LogP contribution in [0, 0.1) is 6.92 Å². The second-order valence-electron chi connectivity index (χ2n) is 7.15. The number of thioether (sulfide) groups is 1. The van der Waals surface area contributed by atoms with Gasteiger partial charge in [-0.2, -0.15) is 0 Å². The number of hydrogen-bond donors (Lipinski definition) is 2. The largest absolute Gasteiger partial charge is 0.374 e. The van der Waals surface area contributed by atoms with Gasteiger partial charge in [0.1, 0.15) is 0 Å². The second-order valence-corrected chi connectivity index (χ2v) is 11.3. The first kappa shape index (κ1) is 19.5. The number of aromatic nitrogens is 2. The van der Waals surface area contributed by atoms with E-state index in [9.17, 15) is 8.42 Å². The van der Waals surface area contributed by atoms with E-state index < -0.39 is 16.1 Å². The number of aryl methyl sites for hydroxylation is 1. The van der Waals surface area contributed by atoms with Crippen LogP contribution < -0.4 is 10.5 Å². The first-order valence-corrected chi connectivity index (χ1v) is 12.5. The minimum Gasteiger partial charge on any atom is -0.374 e. The summed E-state index contributed by atoms with van der Waals surface area (Å²) in [6.45, 7) is 1.93. The van der Waals surface area contributed by atoms with Crippen molar-refractivity contribution in [3.8, 4) is 0 Å². The Morgan fingerprint density at radius 3 is 2.37 bits per heavy atom. The van der Waals surface area contributed by atoms with E-state index in [0.29, 0.717) is 9.47 Å². The van der Waals surface area contributed by atoms with E-state index in [-0.39, 0.29) is 10.1 Å². The van der Waals surface area contributed by atoms with Gasteiger partial charge in [-0.3, -0.25) is 0 Å². The first-order valence-electron chi connectivity index (χ1n) is 9.28. The third-order valence-electron chi connectivity index (χ3n) is 5.18. The van der Waals surface area contributed by atoms with Crippen molar-refractivity contribution in [1.29, 1.82) is 0 Å². The van der Waals surface area contributed by atoms with E-state index in [2.05, 4.69) is 14.9 Å². The number of benzene rings is 3. The summed E-state index contributed by atoms with van der Waals surface area (Å²) in [6.07, 6.45) is 0. The van der Waals surface area contributed by atoms with Crippen LogP contribution in [0.1, 0.15) is 28.0 Å². The molecule has 0 amide bonds. The lowest BCUT2D eigenvalue weighted by molar-refractivity contribution is 0.557. The van der Waals surface area contributed by atoms with Gasteiger partial charge in [0.15, 0.2) is 4.34 Å². The van der Waals surface area contributed by atoms with Crippen LogP contribution >= 0.6 is 23.1 Å². The van der Waals surface area contributed by atoms with E-state index >= 15 is 0 Å². The van der Waals surface area contributed by atoms with E-state index in [0.717, 1.165) is 27.5 Å². The average molecular weight is 455 g/mol. The summed E-state index contributed by atoms with van der Waals surface area (Å²) < 4.78 is 30.1. The third-order valence-corrected chi connectivity index (χ3v) is 8.78. The van der Waals surface area contributed by atoms with Crippen LogP contribution in [0.3, 0.4) is 0 Å².